The van der Waals surface area contributed by atoms with Crippen molar-refractivity contribution < 1.29 is 8.78 Å². The topological polar surface area (TPSA) is 29.9 Å². The monoisotopic (exact) mass is 311 g/mol. The summed E-state index contributed by atoms with van der Waals surface area (Å²) in [6.45, 7) is 0.769. The molecular formula is C15H16ClF2N3. The summed E-state index contributed by atoms with van der Waals surface area (Å²) >= 11 is 5.83. The van der Waals surface area contributed by atoms with E-state index in [4.69, 9.17) is 11.6 Å². The van der Waals surface area contributed by atoms with Crippen LogP contribution >= 0.6 is 11.6 Å². The van der Waals surface area contributed by atoms with E-state index >= 15 is 0 Å². The van der Waals surface area contributed by atoms with Crippen molar-refractivity contribution in [2.24, 2.45) is 0 Å². The zero-order chi connectivity index (χ0) is 14.8. The molecule has 1 aromatic heterocycles. The normalized spacial score (nSPS) is 14.9. The fourth-order valence-corrected chi connectivity index (χ4v) is 2.38. The lowest BCUT2D eigenvalue weighted by atomic mass is 10.2. The molecule has 1 aromatic carbocycles. The average molecular weight is 312 g/mol. The van der Waals surface area contributed by atoms with Crippen molar-refractivity contribution in [1.82, 2.24) is 15.1 Å². The van der Waals surface area contributed by atoms with E-state index in [-0.39, 0.29) is 5.69 Å². The lowest BCUT2D eigenvalue weighted by Gasteiger charge is -2.10. The molecule has 0 aliphatic heterocycles. The summed E-state index contributed by atoms with van der Waals surface area (Å²) in [7, 11) is 0. The standard InChI is InChI=1S/C15H16ClF2N3/c16-12-3-1-10(2-4-12)9-21-14(15(17)18)11(8-20-21)7-19-13-5-6-13/h1-4,8,13,15,19H,5-7,9H2. The summed E-state index contributed by atoms with van der Waals surface area (Å²) in [5.74, 6) is 0. The van der Waals surface area contributed by atoms with Crippen LogP contribution in [0.5, 0.6) is 0 Å². The quantitative estimate of drug-likeness (QED) is 0.880. The number of halogens is 3. The molecule has 2 aromatic rings. The summed E-state index contributed by atoms with van der Waals surface area (Å²) in [6, 6.07) is 7.62. The number of alkyl halides is 2. The van der Waals surface area contributed by atoms with Crippen molar-refractivity contribution in [2.75, 3.05) is 0 Å². The summed E-state index contributed by atoms with van der Waals surface area (Å²) in [5.41, 5.74) is 1.47. The Labute approximate surface area is 126 Å². The Morgan fingerprint density at radius 2 is 2.00 bits per heavy atom. The van der Waals surface area contributed by atoms with E-state index in [9.17, 15) is 8.78 Å². The molecule has 1 saturated carbocycles. The van der Waals surface area contributed by atoms with Gasteiger partial charge < -0.3 is 5.32 Å². The largest absolute Gasteiger partial charge is 0.310 e. The lowest BCUT2D eigenvalue weighted by molar-refractivity contribution is 0.138. The van der Waals surface area contributed by atoms with E-state index in [1.165, 1.54) is 10.9 Å². The zero-order valence-electron chi connectivity index (χ0n) is 11.4. The summed E-state index contributed by atoms with van der Waals surface area (Å²) in [6.07, 6.45) is 1.26. The van der Waals surface area contributed by atoms with Crippen molar-refractivity contribution in [3.63, 3.8) is 0 Å². The minimum atomic E-state index is -2.53. The first-order valence-corrected chi connectivity index (χ1v) is 7.32. The second-order valence-electron chi connectivity index (χ2n) is 5.30. The molecule has 0 atom stereocenters. The number of nitrogens with zero attached hydrogens (tertiary/aromatic N) is 2. The van der Waals surface area contributed by atoms with Gasteiger partial charge in [0.1, 0.15) is 5.69 Å². The van der Waals surface area contributed by atoms with Crippen molar-refractivity contribution in [2.45, 2.75) is 38.4 Å². The maximum Gasteiger partial charge on any atom is 0.280 e. The average Bonchev–Trinajstić information content (AvgIpc) is 3.20. The van der Waals surface area contributed by atoms with Crippen LogP contribution in [0.1, 0.15) is 36.1 Å². The smallest absolute Gasteiger partial charge is 0.280 e. The highest BCUT2D eigenvalue weighted by Gasteiger charge is 2.24. The van der Waals surface area contributed by atoms with Gasteiger partial charge in [0.05, 0.1) is 12.7 Å². The van der Waals surface area contributed by atoms with Gasteiger partial charge in [-0.25, -0.2) is 8.78 Å². The molecule has 0 saturated heterocycles. The molecule has 1 N–H and O–H groups in total. The van der Waals surface area contributed by atoms with E-state index in [2.05, 4.69) is 10.4 Å². The number of nitrogens with one attached hydrogen (secondary N) is 1. The van der Waals surface area contributed by atoms with Gasteiger partial charge in [-0.05, 0) is 30.5 Å². The van der Waals surface area contributed by atoms with Gasteiger partial charge >= 0.3 is 0 Å². The van der Waals surface area contributed by atoms with Crippen molar-refractivity contribution >= 4 is 11.6 Å². The predicted molar refractivity (Wildman–Crippen MR) is 77.6 cm³/mol. The third-order valence-corrected chi connectivity index (χ3v) is 3.82. The number of hydrogen-bond donors (Lipinski definition) is 1. The van der Waals surface area contributed by atoms with Crippen LogP contribution in [0, 0.1) is 0 Å². The van der Waals surface area contributed by atoms with Crippen LogP contribution in [0.3, 0.4) is 0 Å². The fraction of sp³-hybridized carbons (Fsp3) is 0.400. The van der Waals surface area contributed by atoms with Crippen LogP contribution in [0.4, 0.5) is 8.78 Å². The second kappa shape index (κ2) is 6.12. The first kappa shape index (κ1) is 14.5. The molecule has 0 amide bonds. The van der Waals surface area contributed by atoms with E-state index < -0.39 is 6.43 Å². The Hall–Kier alpha value is -1.46. The Bertz CT molecular complexity index is 606. The molecule has 0 radical (unpaired) electrons. The summed E-state index contributed by atoms with van der Waals surface area (Å²) < 4.78 is 28.0. The molecule has 1 aliphatic carbocycles. The van der Waals surface area contributed by atoms with Gasteiger partial charge in [-0.2, -0.15) is 5.10 Å². The molecule has 21 heavy (non-hydrogen) atoms. The molecular weight excluding hydrogens is 296 g/mol. The highest BCUT2D eigenvalue weighted by molar-refractivity contribution is 6.30. The van der Waals surface area contributed by atoms with Crippen LogP contribution in [-0.4, -0.2) is 15.8 Å². The van der Waals surface area contributed by atoms with Crippen LogP contribution in [-0.2, 0) is 13.1 Å². The molecule has 6 heteroatoms. The SMILES string of the molecule is FC(F)c1c(CNC2CC2)cnn1Cc1ccc(Cl)cc1. The van der Waals surface area contributed by atoms with Crippen LogP contribution < -0.4 is 5.32 Å². The Morgan fingerprint density at radius 3 is 2.62 bits per heavy atom. The van der Waals surface area contributed by atoms with E-state index in [1.54, 1.807) is 12.1 Å². The van der Waals surface area contributed by atoms with Gasteiger partial charge in [0, 0.05) is 23.2 Å². The first-order valence-electron chi connectivity index (χ1n) is 6.94. The number of rotatable bonds is 6. The van der Waals surface area contributed by atoms with Crippen LogP contribution in [0.2, 0.25) is 5.02 Å². The van der Waals surface area contributed by atoms with Gasteiger partial charge in [0.15, 0.2) is 0 Å². The molecule has 0 spiro atoms. The molecule has 1 fully saturated rings. The van der Waals surface area contributed by atoms with Crippen LogP contribution in [0.25, 0.3) is 0 Å². The predicted octanol–water partition coefficient (Wildman–Crippen LogP) is 3.77. The lowest BCUT2D eigenvalue weighted by Crippen LogP contribution is -2.17. The third kappa shape index (κ3) is 3.60. The minimum absolute atomic E-state index is 0.00176. The molecule has 1 aliphatic rings. The van der Waals surface area contributed by atoms with Crippen molar-refractivity contribution in [3.8, 4) is 0 Å². The highest BCUT2D eigenvalue weighted by atomic mass is 35.5. The Kier molecular flexibility index (Phi) is 4.22. The number of hydrogen-bond acceptors (Lipinski definition) is 2. The number of aromatic nitrogens is 2. The maximum absolute atomic E-state index is 13.3. The zero-order valence-corrected chi connectivity index (χ0v) is 12.2. The first-order chi connectivity index (χ1) is 10.1. The molecule has 0 bridgehead atoms. The van der Waals surface area contributed by atoms with Gasteiger partial charge in [0.25, 0.3) is 6.43 Å². The summed E-state index contributed by atoms with van der Waals surface area (Å²) in [5, 5.41) is 7.99. The molecule has 1 heterocycles. The Morgan fingerprint density at radius 1 is 1.29 bits per heavy atom. The number of benzene rings is 1. The van der Waals surface area contributed by atoms with Gasteiger partial charge in [-0.1, -0.05) is 23.7 Å². The maximum atomic E-state index is 13.3. The van der Waals surface area contributed by atoms with E-state index in [0.717, 1.165) is 18.4 Å². The fourth-order valence-electron chi connectivity index (χ4n) is 2.25. The van der Waals surface area contributed by atoms with Gasteiger partial charge in [-0.3, -0.25) is 4.68 Å². The van der Waals surface area contributed by atoms with Crippen molar-refractivity contribution in [1.29, 1.82) is 0 Å². The van der Waals surface area contributed by atoms with E-state index in [1.807, 2.05) is 12.1 Å². The highest BCUT2D eigenvalue weighted by Crippen LogP contribution is 2.25. The van der Waals surface area contributed by atoms with Crippen molar-refractivity contribution in [3.05, 3.63) is 52.3 Å². The molecule has 112 valence electrons. The Balaban J connectivity index is 1.78. The van der Waals surface area contributed by atoms with Gasteiger partial charge in [-0.15, -0.1) is 0 Å². The van der Waals surface area contributed by atoms with E-state index in [0.29, 0.717) is 29.7 Å². The molecule has 3 nitrogen and oxygen atoms in total. The van der Waals surface area contributed by atoms with Crippen LogP contribution in [0.15, 0.2) is 30.5 Å². The van der Waals surface area contributed by atoms with Gasteiger partial charge in [0.2, 0.25) is 0 Å². The molecule has 3 rings (SSSR count). The minimum Gasteiger partial charge on any atom is -0.310 e. The third-order valence-electron chi connectivity index (χ3n) is 3.57. The second-order valence-corrected chi connectivity index (χ2v) is 5.73. The summed E-state index contributed by atoms with van der Waals surface area (Å²) in [4.78, 5) is 0. The molecule has 0 unspecified atom stereocenters.